The quantitative estimate of drug-likeness (QED) is 0.575. The average molecular weight is 396 g/mol. The molecule has 3 rings (SSSR count). The molecule has 2 aromatic carbocycles. The zero-order chi connectivity index (χ0) is 18.0. The van der Waals surface area contributed by atoms with E-state index in [1.54, 1.807) is 24.3 Å². The largest absolute Gasteiger partial charge is 0.356 e. The highest BCUT2D eigenvalue weighted by Crippen LogP contribution is 2.33. The van der Waals surface area contributed by atoms with Gasteiger partial charge in [0.15, 0.2) is 10.6 Å². The van der Waals surface area contributed by atoms with E-state index in [0.717, 1.165) is 16.7 Å². The molecule has 0 saturated carbocycles. The number of aryl methyl sites for hydroxylation is 1. The van der Waals surface area contributed by atoms with Gasteiger partial charge in [-0.1, -0.05) is 64.2 Å². The molecule has 1 N–H and O–H groups in total. The van der Waals surface area contributed by atoms with Gasteiger partial charge in [-0.2, -0.15) is 0 Å². The summed E-state index contributed by atoms with van der Waals surface area (Å²) < 4.78 is 5.45. The number of anilines is 1. The molecule has 1 amide bonds. The molecule has 0 bridgehead atoms. The first-order chi connectivity index (χ1) is 12.0. The molecule has 0 radical (unpaired) electrons. The Bertz CT molecular complexity index is 902. The van der Waals surface area contributed by atoms with Gasteiger partial charge in [-0.05, 0) is 30.7 Å². The van der Waals surface area contributed by atoms with E-state index in [2.05, 4.69) is 10.5 Å². The Hall–Kier alpha value is -2.01. The van der Waals surface area contributed by atoms with E-state index < -0.39 is 10.7 Å². The first kappa shape index (κ1) is 17.8. The Labute approximate surface area is 159 Å². The van der Waals surface area contributed by atoms with E-state index in [4.69, 9.17) is 39.3 Å². The summed E-state index contributed by atoms with van der Waals surface area (Å²) in [5.41, 5.74) is 3.79. The number of halogens is 3. The lowest BCUT2D eigenvalue weighted by Gasteiger charge is -2.06. The number of aromatic nitrogens is 1. The SMILES string of the molecule is Cc1cccc(Cl)c1-c1cc(-c2cccc(NC(=O)C(Cl)Cl)c2)on1. The Morgan fingerprint density at radius 3 is 2.64 bits per heavy atom. The van der Waals surface area contributed by atoms with Crippen LogP contribution in [0.2, 0.25) is 5.02 Å². The summed E-state index contributed by atoms with van der Waals surface area (Å²) in [4.78, 5) is 10.5. The van der Waals surface area contributed by atoms with Crippen molar-refractivity contribution in [3.05, 3.63) is 59.1 Å². The van der Waals surface area contributed by atoms with Crippen LogP contribution in [0.1, 0.15) is 5.56 Å². The lowest BCUT2D eigenvalue weighted by atomic mass is 10.0. The van der Waals surface area contributed by atoms with Crippen LogP contribution in [-0.4, -0.2) is 15.9 Å². The summed E-state index contributed by atoms with van der Waals surface area (Å²) in [5.74, 6) is 0.0594. The molecule has 0 fully saturated rings. The maximum absolute atomic E-state index is 11.6. The Kier molecular flexibility index (Phi) is 5.33. The Morgan fingerprint density at radius 2 is 1.92 bits per heavy atom. The van der Waals surface area contributed by atoms with Gasteiger partial charge >= 0.3 is 0 Å². The predicted molar refractivity (Wildman–Crippen MR) is 101 cm³/mol. The number of rotatable bonds is 4. The van der Waals surface area contributed by atoms with Gasteiger partial charge in [0.05, 0.1) is 5.02 Å². The molecule has 0 spiro atoms. The van der Waals surface area contributed by atoms with E-state index in [1.807, 2.05) is 31.2 Å². The van der Waals surface area contributed by atoms with Crippen molar-refractivity contribution in [2.75, 3.05) is 5.32 Å². The zero-order valence-corrected chi connectivity index (χ0v) is 15.4. The highest BCUT2D eigenvalue weighted by molar-refractivity contribution is 6.54. The van der Waals surface area contributed by atoms with Gasteiger partial charge in [0.25, 0.3) is 5.91 Å². The molecule has 1 aromatic heterocycles. The van der Waals surface area contributed by atoms with Crippen molar-refractivity contribution in [1.82, 2.24) is 5.16 Å². The van der Waals surface area contributed by atoms with E-state index in [0.29, 0.717) is 22.2 Å². The van der Waals surface area contributed by atoms with Crippen LogP contribution in [0, 0.1) is 6.92 Å². The minimum Gasteiger partial charge on any atom is -0.356 e. The molecule has 0 unspecified atom stereocenters. The molecule has 0 aliphatic heterocycles. The highest BCUT2D eigenvalue weighted by Gasteiger charge is 2.15. The fraction of sp³-hybridized carbons (Fsp3) is 0.111. The number of amides is 1. The second kappa shape index (κ2) is 7.48. The van der Waals surface area contributed by atoms with Crippen molar-refractivity contribution in [1.29, 1.82) is 0 Å². The first-order valence-corrected chi connectivity index (χ1v) is 8.62. The molecule has 0 aliphatic rings. The summed E-state index contributed by atoms with van der Waals surface area (Å²) >= 11 is 17.4. The molecule has 0 atom stereocenters. The van der Waals surface area contributed by atoms with Crippen molar-refractivity contribution in [2.24, 2.45) is 0 Å². The fourth-order valence-electron chi connectivity index (χ4n) is 2.43. The van der Waals surface area contributed by atoms with Crippen LogP contribution in [0.3, 0.4) is 0 Å². The van der Waals surface area contributed by atoms with E-state index in [1.165, 1.54) is 0 Å². The molecule has 25 heavy (non-hydrogen) atoms. The summed E-state index contributed by atoms with van der Waals surface area (Å²) in [7, 11) is 0. The lowest BCUT2D eigenvalue weighted by Crippen LogP contribution is -2.18. The van der Waals surface area contributed by atoms with Crippen molar-refractivity contribution >= 4 is 46.4 Å². The molecular formula is C18H13Cl3N2O2. The number of nitrogens with one attached hydrogen (secondary N) is 1. The molecule has 128 valence electrons. The minimum absolute atomic E-state index is 0.495. The second-order valence-corrected chi connectivity index (χ2v) is 6.88. The third-order valence-corrected chi connectivity index (χ3v) is 4.31. The topological polar surface area (TPSA) is 55.1 Å². The Balaban J connectivity index is 1.92. The van der Waals surface area contributed by atoms with Crippen molar-refractivity contribution in [3.8, 4) is 22.6 Å². The summed E-state index contributed by atoms with van der Waals surface area (Å²) in [6, 6.07) is 14.6. The molecule has 1 heterocycles. The number of benzene rings is 2. The van der Waals surface area contributed by atoms with Crippen LogP contribution in [0.4, 0.5) is 5.69 Å². The summed E-state index contributed by atoms with van der Waals surface area (Å²) in [5, 5.41) is 7.34. The van der Waals surface area contributed by atoms with Crippen LogP contribution in [0.5, 0.6) is 0 Å². The maximum atomic E-state index is 11.6. The van der Waals surface area contributed by atoms with Crippen LogP contribution >= 0.6 is 34.8 Å². The highest BCUT2D eigenvalue weighted by atomic mass is 35.5. The van der Waals surface area contributed by atoms with Crippen LogP contribution in [-0.2, 0) is 4.79 Å². The standard InChI is InChI=1S/C18H13Cl3N2O2/c1-10-4-2-7-13(19)16(10)14-9-15(25-23-14)11-5-3-6-12(8-11)22-18(24)17(20)21/h2-9,17H,1H3,(H,22,24). The molecule has 0 aliphatic carbocycles. The predicted octanol–water partition coefficient (Wildman–Crippen LogP) is 5.71. The van der Waals surface area contributed by atoms with E-state index in [-0.39, 0.29) is 0 Å². The fourth-order valence-corrected chi connectivity index (χ4v) is 2.86. The Morgan fingerprint density at radius 1 is 1.16 bits per heavy atom. The third kappa shape index (κ3) is 3.98. The normalized spacial score (nSPS) is 10.9. The molecule has 7 heteroatoms. The molecule has 0 saturated heterocycles. The number of nitrogens with zero attached hydrogens (tertiary/aromatic N) is 1. The summed E-state index contributed by atoms with van der Waals surface area (Å²) in [6.45, 7) is 1.96. The lowest BCUT2D eigenvalue weighted by molar-refractivity contribution is -0.114. The smallest absolute Gasteiger partial charge is 0.257 e. The number of alkyl halides is 2. The van der Waals surface area contributed by atoms with Gasteiger partial charge in [0.1, 0.15) is 5.69 Å². The van der Waals surface area contributed by atoms with Crippen molar-refractivity contribution in [3.63, 3.8) is 0 Å². The van der Waals surface area contributed by atoms with Gasteiger partial charge in [0.2, 0.25) is 0 Å². The van der Waals surface area contributed by atoms with Gasteiger partial charge < -0.3 is 9.84 Å². The van der Waals surface area contributed by atoms with E-state index >= 15 is 0 Å². The zero-order valence-electron chi connectivity index (χ0n) is 13.1. The molecule has 4 nitrogen and oxygen atoms in total. The van der Waals surface area contributed by atoms with Crippen LogP contribution in [0.15, 0.2) is 53.1 Å². The first-order valence-electron chi connectivity index (χ1n) is 7.37. The van der Waals surface area contributed by atoms with E-state index in [9.17, 15) is 4.79 Å². The van der Waals surface area contributed by atoms with Gasteiger partial charge in [-0.15, -0.1) is 0 Å². The van der Waals surface area contributed by atoms with Gasteiger partial charge in [-0.25, -0.2) is 0 Å². The van der Waals surface area contributed by atoms with Crippen molar-refractivity contribution < 1.29 is 9.32 Å². The third-order valence-electron chi connectivity index (χ3n) is 3.60. The van der Waals surface area contributed by atoms with Gasteiger partial charge in [0, 0.05) is 22.9 Å². The minimum atomic E-state index is -1.14. The monoisotopic (exact) mass is 394 g/mol. The van der Waals surface area contributed by atoms with Crippen LogP contribution < -0.4 is 5.32 Å². The number of carbonyl (C=O) groups excluding carboxylic acids is 1. The average Bonchev–Trinajstić information content (AvgIpc) is 3.04. The van der Waals surface area contributed by atoms with Crippen molar-refractivity contribution in [2.45, 2.75) is 11.8 Å². The molecular weight excluding hydrogens is 383 g/mol. The summed E-state index contributed by atoms with van der Waals surface area (Å²) in [6.07, 6.45) is 0. The number of hydrogen-bond acceptors (Lipinski definition) is 3. The molecule has 3 aromatic rings. The second-order valence-electron chi connectivity index (χ2n) is 5.38. The maximum Gasteiger partial charge on any atom is 0.257 e. The van der Waals surface area contributed by atoms with Gasteiger partial charge in [-0.3, -0.25) is 4.79 Å². The van der Waals surface area contributed by atoms with Crippen LogP contribution in [0.25, 0.3) is 22.6 Å². The number of hydrogen-bond donors (Lipinski definition) is 1. The number of carbonyl (C=O) groups is 1.